The molecular formula is C15H10BrFN2. The first-order chi connectivity index (χ1) is 9.25. The van der Waals surface area contributed by atoms with Crippen molar-refractivity contribution in [2.45, 2.75) is 0 Å². The van der Waals surface area contributed by atoms with Crippen molar-refractivity contribution in [1.82, 2.24) is 9.55 Å². The van der Waals surface area contributed by atoms with E-state index in [0.717, 1.165) is 21.1 Å². The molecule has 4 heteroatoms. The Morgan fingerprint density at radius 3 is 2.68 bits per heavy atom. The molecule has 0 fully saturated rings. The highest BCUT2D eigenvalue weighted by atomic mass is 79.9. The lowest BCUT2D eigenvalue weighted by molar-refractivity contribution is 0.700. The third-order valence-electron chi connectivity index (χ3n) is 2.86. The maximum Gasteiger partial charge on any atom is 0.200 e. The molecule has 0 aliphatic heterocycles. The molecule has 0 radical (unpaired) electrons. The average molecular weight is 317 g/mol. The molecule has 0 saturated carbocycles. The summed E-state index contributed by atoms with van der Waals surface area (Å²) in [6, 6.07) is 14.9. The molecule has 2 nitrogen and oxygen atoms in total. The standard InChI is InChI=1S/C15H10BrFN2/c16-12-6-2-1-5-11(12)9-15(17)19-10-18-13-7-3-4-8-14(13)19/h1-10H/b15-9-. The summed E-state index contributed by atoms with van der Waals surface area (Å²) in [5, 5.41) is 0. The van der Waals surface area contributed by atoms with Gasteiger partial charge in [-0.3, -0.25) is 4.57 Å². The van der Waals surface area contributed by atoms with Crippen LogP contribution in [0, 0.1) is 0 Å². The summed E-state index contributed by atoms with van der Waals surface area (Å²) in [6.45, 7) is 0. The highest BCUT2D eigenvalue weighted by Gasteiger charge is 2.06. The van der Waals surface area contributed by atoms with Crippen LogP contribution in [0.2, 0.25) is 0 Å². The van der Waals surface area contributed by atoms with E-state index in [1.165, 1.54) is 17.0 Å². The van der Waals surface area contributed by atoms with E-state index >= 15 is 0 Å². The van der Waals surface area contributed by atoms with Crippen molar-refractivity contribution < 1.29 is 4.39 Å². The summed E-state index contributed by atoms with van der Waals surface area (Å²) in [5.41, 5.74) is 2.32. The average Bonchev–Trinajstić information content (AvgIpc) is 2.85. The Morgan fingerprint density at radius 2 is 1.84 bits per heavy atom. The van der Waals surface area contributed by atoms with Gasteiger partial charge in [-0.1, -0.05) is 46.3 Å². The second-order valence-electron chi connectivity index (χ2n) is 4.09. The largest absolute Gasteiger partial charge is 0.275 e. The van der Waals surface area contributed by atoms with Crippen LogP contribution >= 0.6 is 15.9 Å². The van der Waals surface area contributed by atoms with Gasteiger partial charge in [0.25, 0.3) is 0 Å². The number of fused-ring (bicyclic) bond motifs is 1. The van der Waals surface area contributed by atoms with E-state index in [9.17, 15) is 4.39 Å². The Bertz CT molecular complexity index is 761. The van der Waals surface area contributed by atoms with Gasteiger partial charge in [0, 0.05) is 10.5 Å². The van der Waals surface area contributed by atoms with Gasteiger partial charge >= 0.3 is 0 Å². The van der Waals surface area contributed by atoms with E-state index in [0.29, 0.717) is 0 Å². The van der Waals surface area contributed by atoms with Crippen molar-refractivity contribution >= 4 is 39.0 Å². The molecular weight excluding hydrogens is 307 g/mol. The summed E-state index contributed by atoms with van der Waals surface area (Å²) in [5.74, 6) is -0.361. The van der Waals surface area contributed by atoms with Crippen LogP contribution < -0.4 is 0 Å². The molecule has 0 saturated heterocycles. The lowest BCUT2D eigenvalue weighted by atomic mass is 10.2. The highest BCUT2D eigenvalue weighted by Crippen LogP contribution is 2.23. The number of rotatable bonds is 2. The predicted molar refractivity (Wildman–Crippen MR) is 79.2 cm³/mol. The number of hydrogen-bond acceptors (Lipinski definition) is 1. The van der Waals surface area contributed by atoms with Gasteiger partial charge in [0.1, 0.15) is 6.33 Å². The first kappa shape index (κ1) is 12.1. The minimum atomic E-state index is -0.361. The molecule has 1 heterocycles. The molecule has 0 amide bonds. The summed E-state index contributed by atoms with van der Waals surface area (Å²) in [4.78, 5) is 4.17. The van der Waals surface area contributed by atoms with Crippen LogP contribution in [0.5, 0.6) is 0 Å². The summed E-state index contributed by atoms with van der Waals surface area (Å²) in [6.07, 6.45) is 2.98. The SMILES string of the molecule is F/C(=C/c1ccccc1Br)n1cnc2ccccc21. The van der Waals surface area contributed by atoms with E-state index < -0.39 is 0 Å². The Hall–Kier alpha value is -1.94. The van der Waals surface area contributed by atoms with E-state index in [2.05, 4.69) is 20.9 Å². The van der Waals surface area contributed by atoms with Crippen LogP contribution in [0.25, 0.3) is 23.1 Å². The van der Waals surface area contributed by atoms with Crippen LogP contribution in [0.1, 0.15) is 5.56 Å². The fraction of sp³-hybridized carbons (Fsp3) is 0. The molecule has 0 spiro atoms. The van der Waals surface area contributed by atoms with Crippen molar-refractivity contribution in [3.05, 3.63) is 64.9 Å². The van der Waals surface area contributed by atoms with Crippen molar-refractivity contribution in [1.29, 1.82) is 0 Å². The Kier molecular flexibility index (Phi) is 3.17. The van der Waals surface area contributed by atoms with E-state index in [4.69, 9.17) is 0 Å². The number of para-hydroxylation sites is 2. The molecule has 0 N–H and O–H groups in total. The van der Waals surface area contributed by atoms with Crippen LogP contribution in [0.4, 0.5) is 4.39 Å². The fourth-order valence-corrected chi connectivity index (χ4v) is 2.32. The molecule has 94 valence electrons. The normalized spacial score (nSPS) is 12.0. The van der Waals surface area contributed by atoms with E-state index in [-0.39, 0.29) is 5.95 Å². The van der Waals surface area contributed by atoms with Gasteiger partial charge in [-0.25, -0.2) is 4.98 Å². The molecule has 3 rings (SSSR count). The lowest BCUT2D eigenvalue weighted by Gasteiger charge is -2.02. The van der Waals surface area contributed by atoms with Crippen LogP contribution in [0.3, 0.4) is 0 Å². The van der Waals surface area contributed by atoms with Crippen molar-refractivity contribution in [2.75, 3.05) is 0 Å². The molecule has 0 atom stereocenters. The van der Waals surface area contributed by atoms with Gasteiger partial charge in [-0.15, -0.1) is 0 Å². The lowest BCUT2D eigenvalue weighted by Crippen LogP contribution is -1.90. The van der Waals surface area contributed by atoms with Gasteiger partial charge in [0.15, 0.2) is 5.95 Å². The molecule has 1 aromatic heterocycles. The van der Waals surface area contributed by atoms with Crippen molar-refractivity contribution in [3.8, 4) is 0 Å². The number of benzene rings is 2. The number of aromatic nitrogens is 2. The maximum atomic E-state index is 14.3. The number of hydrogen-bond donors (Lipinski definition) is 0. The smallest absolute Gasteiger partial charge is 0.200 e. The summed E-state index contributed by atoms with van der Waals surface area (Å²) < 4.78 is 16.6. The molecule has 19 heavy (non-hydrogen) atoms. The number of nitrogens with zero attached hydrogens (tertiary/aromatic N) is 2. The number of halogens is 2. The first-order valence-electron chi connectivity index (χ1n) is 5.80. The Morgan fingerprint density at radius 1 is 1.11 bits per heavy atom. The second kappa shape index (κ2) is 4.97. The van der Waals surface area contributed by atoms with Crippen molar-refractivity contribution in [2.24, 2.45) is 0 Å². The Labute approximate surface area is 118 Å². The second-order valence-corrected chi connectivity index (χ2v) is 4.95. The first-order valence-corrected chi connectivity index (χ1v) is 6.59. The zero-order chi connectivity index (χ0) is 13.2. The Balaban J connectivity index is 2.09. The maximum absolute atomic E-state index is 14.3. The molecule has 0 unspecified atom stereocenters. The minimum absolute atomic E-state index is 0.361. The molecule has 3 aromatic rings. The summed E-state index contributed by atoms with van der Waals surface area (Å²) in [7, 11) is 0. The molecule has 2 aromatic carbocycles. The van der Waals surface area contributed by atoms with Gasteiger partial charge in [-0.2, -0.15) is 4.39 Å². The minimum Gasteiger partial charge on any atom is -0.275 e. The third-order valence-corrected chi connectivity index (χ3v) is 3.59. The zero-order valence-electron chi connectivity index (χ0n) is 9.92. The topological polar surface area (TPSA) is 17.8 Å². The predicted octanol–water partition coefficient (Wildman–Crippen LogP) is 4.72. The highest BCUT2D eigenvalue weighted by molar-refractivity contribution is 9.10. The fourth-order valence-electron chi connectivity index (χ4n) is 1.92. The third kappa shape index (κ3) is 2.31. The molecule has 0 bridgehead atoms. The van der Waals surface area contributed by atoms with Gasteiger partial charge in [0.05, 0.1) is 11.0 Å². The monoisotopic (exact) mass is 316 g/mol. The van der Waals surface area contributed by atoms with Crippen molar-refractivity contribution in [3.63, 3.8) is 0 Å². The van der Waals surface area contributed by atoms with E-state index in [1.54, 1.807) is 0 Å². The van der Waals surface area contributed by atoms with Crippen LogP contribution in [-0.2, 0) is 0 Å². The van der Waals surface area contributed by atoms with Crippen LogP contribution in [0.15, 0.2) is 59.3 Å². The van der Waals surface area contributed by atoms with Gasteiger partial charge in [0.2, 0.25) is 0 Å². The number of imidazole rings is 1. The molecule has 0 aliphatic carbocycles. The zero-order valence-corrected chi connectivity index (χ0v) is 11.5. The molecule has 0 aliphatic rings. The summed E-state index contributed by atoms with van der Waals surface area (Å²) >= 11 is 3.40. The van der Waals surface area contributed by atoms with Gasteiger partial charge < -0.3 is 0 Å². The van der Waals surface area contributed by atoms with Crippen LogP contribution in [-0.4, -0.2) is 9.55 Å². The van der Waals surface area contributed by atoms with E-state index in [1.807, 2.05) is 48.5 Å². The quantitative estimate of drug-likeness (QED) is 0.668. The van der Waals surface area contributed by atoms with Gasteiger partial charge in [-0.05, 0) is 23.8 Å².